The topological polar surface area (TPSA) is 87.0 Å². The molecule has 8 nitrogen and oxygen atoms in total. The van der Waals surface area contributed by atoms with E-state index >= 15 is 0 Å². The lowest BCUT2D eigenvalue weighted by Gasteiger charge is -2.13. The maximum Gasteiger partial charge on any atom is 0.280 e. The van der Waals surface area contributed by atoms with Crippen LogP contribution < -0.4 is 19.5 Å². The Balaban J connectivity index is 1.30. The average molecular weight is 577 g/mol. The van der Waals surface area contributed by atoms with E-state index < -0.39 is 23.8 Å². The number of benzene rings is 3. The fourth-order valence-electron chi connectivity index (χ4n) is 4.26. The molecule has 0 unspecified atom stereocenters. The fraction of sp³-hybridized carbons (Fsp3) is 0.194. The smallest absolute Gasteiger partial charge is 0.280 e. The Bertz CT molecular complexity index is 1690. The zero-order valence-corrected chi connectivity index (χ0v) is 22.8. The predicted molar refractivity (Wildman–Crippen MR) is 151 cm³/mol. The Morgan fingerprint density at radius 2 is 1.62 bits per heavy atom. The van der Waals surface area contributed by atoms with Gasteiger partial charge in [-0.25, -0.2) is 22.7 Å². The van der Waals surface area contributed by atoms with Crippen molar-refractivity contribution in [3.63, 3.8) is 0 Å². The summed E-state index contributed by atoms with van der Waals surface area (Å²) in [6.45, 7) is 5.13. The first-order valence-corrected chi connectivity index (χ1v) is 13.2. The van der Waals surface area contributed by atoms with Gasteiger partial charge in [0.2, 0.25) is 0 Å². The number of nitrogens with one attached hydrogen (secondary N) is 1. The lowest BCUT2D eigenvalue weighted by Crippen LogP contribution is -2.12. The summed E-state index contributed by atoms with van der Waals surface area (Å²) in [6.07, 6.45) is -1.70. The number of ether oxygens (including phenoxy) is 3. The van der Waals surface area contributed by atoms with Crippen LogP contribution in [-0.4, -0.2) is 33.7 Å². The van der Waals surface area contributed by atoms with Crippen molar-refractivity contribution in [3.8, 4) is 28.5 Å². The maximum atomic E-state index is 13.9. The zero-order chi connectivity index (χ0) is 29.6. The molecule has 0 radical (unpaired) electrons. The van der Waals surface area contributed by atoms with Crippen molar-refractivity contribution in [3.05, 3.63) is 102 Å². The maximum absolute atomic E-state index is 13.9. The lowest BCUT2D eigenvalue weighted by molar-refractivity contribution is 0.102. The molecule has 5 aromatic rings. The van der Waals surface area contributed by atoms with E-state index in [9.17, 15) is 18.0 Å². The van der Waals surface area contributed by atoms with Crippen LogP contribution in [0.4, 0.5) is 18.9 Å². The van der Waals surface area contributed by atoms with Gasteiger partial charge in [0, 0.05) is 11.3 Å². The molecular weight excluding hydrogens is 549 g/mol. The Kier molecular flexibility index (Phi) is 8.56. The van der Waals surface area contributed by atoms with Crippen molar-refractivity contribution >= 4 is 17.2 Å². The monoisotopic (exact) mass is 576 g/mol. The number of carbonyl (C=O) groups excluding carboxylic acids is 1. The molecule has 42 heavy (non-hydrogen) atoms. The number of amides is 1. The van der Waals surface area contributed by atoms with Crippen molar-refractivity contribution in [2.75, 3.05) is 18.5 Å². The number of rotatable bonds is 11. The van der Waals surface area contributed by atoms with Crippen LogP contribution in [0.2, 0.25) is 0 Å². The van der Waals surface area contributed by atoms with E-state index in [0.29, 0.717) is 41.7 Å². The third-order valence-corrected chi connectivity index (χ3v) is 6.23. The average Bonchev–Trinajstić information content (AvgIpc) is 3.42. The minimum Gasteiger partial charge on any atom is -0.490 e. The second kappa shape index (κ2) is 12.6. The first-order chi connectivity index (χ1) is 20.4. The summed E-state index contributed by atoms with van der Waals surface area (Å²) >= 11 is 0. The van der Waals surface area contributed by atoms with Gasteiger partial charge in [-0.1, -0.05) is 6.07 Å². The molecule has 2 aromatic heterocycles. The van der Waals surface area contributed by atoms with Gasteiger partial charge in [-0.05, 0) is 86.1 Å². The van der Waals surface area contributed by atoms with Crippen LogP contribution in [0.3, 0.4) is 0 Å². The van der Waals surface area contributed by atoms with Gasteiger partial charge in [0.1, 0.15) is 29.4 Å². The number of anilines is 1. The fourth-order valence-corrected chi connectivity index (χ4v) is 4.26. The zero-order valence-electron chi connectivity index (χ0n) is 22.8. The summed E-state index contributed by atoms with van der Waals surface area (Å²) in [5.74, 6) is 0.831. The van der Waals surface area contributed by atoms with Gasteiger partial charge in [0.15, 0.2) is 17.1 Å². The van der Waals surface area contributed by atoms with E-state index in [4.69, 9.17) is 14.2 Å². The van der Waals surface area contributed by atoms with E-state index in [2.05, 4.69) is 15.4 Å². The van der Waals surface area contributed by atoms with E-state index in [0.717, 1.165) is 10.1 Å². The number of nitrogens with zero attached hydrogens (tertiary/aromatic N) is 3. The van der Waals surface area contributed by atoms with Crippen molar-refractivity contribution in [1.29, 1.82) is 0 Å². The van der Waals surface area contributed by atoms with Crippen molar-refractivity contribution < 1.29 is 32.2 Å². The minimum absolute atomic E-state index is 0.00166. The molecule has 1 amide bonds. The van der Waals surface area contributed by atoms with Gasteiger partial charge >= 0.3 is 0 Å². The van der Waals surface area contributed by atoms with E-state index in [-0.39, 0.29) is 23.5 Å². The molecule has 0 fully saturated rings. The molecule has 0 saturated carbocycles. The van der Waals surface area contributed by atoms with Gasteiger partial charge < -0.3 is 19.5 Å². The molecular formula is C31H27F3N4O4. The van der Waals surface area contributed by atoms with E-state index in [1.807, 2.05) is 32.0 Å². The van der Waals surface area contributed by atoms with E-state index in [1.54, 1.807) is 24.3 Å². The molecule has 0 aliphatic rings. The van der Waals surface area contributed by atoms with Crippen LogP contribution in [0.5, 0.6) is 17.2 Å². The molecule has 0 spiro atoms. The van der Waals surface area contributed by atoms with Gasteiger partial charge in [-0.2, -0.15) is 5.10 Å². The third-order valence-electron chi connectivity index (χ3n) is 6.23. The number of aromatic nitrogens is 3. The van der Waals surface area contributed by atoms with Crippen LogP contribution in [0.25, 0.3) is 16.9 Å². The van der Waals surface area contributed by atoms with Crippen molar-refractivity contribution in [2.45, 2.75) is 26.9 Å². The van der Waals surface area contributed by atoms with Crippen LogP contribution >= 0.6 is 0 Å². The molecule has 0 bridgehead atoms. The highest BCUT2D eigenvalue weighted by Gasteiger charge is 2.22. The molecule has 0 atom stereocenters. The molecule has 3 aromatic carbocycles. The molecule has 216 valence electrons. The third kappa shape index (κ3) is 6.30. The van der Waals surface area contributed by atoms with Gasteiger partial charge in [-0.3, -0.25) is 4.79 Å². The second-order valence-corrected chi connectivity index (χ2v) is 9.08. The molecule has 2 heterocycles. The van der Waals surface area contributed by atoms with Crippen LogP contribution in [0.15, 0.2) is 79.0 Å². The van der Waals surface area contributed by atoms with Crippen LogP contribution in [0.1, 0.15) is 41.9 Å². The summed E-state index contributed by atoms with van der Waals surface area (Å²) in [5.41, 5.74) is 1.44. The Hall–Kier alpha value is -5.06. The highest BCUT2D eigenvalue weighted by molar-refractivity contribution is 6.08. The lowest BCUT2D eigenvalue weighted by atomic mass is 10.1. The first-order valence-electron chi connectivity index (χ1n) is 13.2. The van der Waals surface area contributed by atoms with Crippen molar-refractivity contribution in [1.82, 2.24) is 14.6 Å². The summed E-state index contributed by atoms with van der Waals surface area (Å²) in [7, 11) is 0. The first kappa shape index (κ1) is 28.5. The molecule has 1 N–H and O–H groups in total. The summed E-state index contributed by atoms with van der Waals surface area (Å²) in [6, 6.07) is 18.8. The van der Waals surface area contributed by atoms with Crippen LogP contribution in [-0.2, 0) is 6.61 Å². The molecule has 11 heteroatoms. The predicted octanol–water partition coefficient (Wildman–Crippen LogP) is 7.10. The largest absolute Gasteiger partial charge is 0.490 e. The number of alkyl halides is 2. The normalized spacial score (nSPS) is 11.1. The van der Waals surface area contributed by atoms with Crippen molar-refractivity contribution in [2.24, 2.45) is 0 Å². The standard InChI is InChI=1S/C31H27F3N4O4/c1-3-40-27-14-5-19(15-28(27)41-4-2)18-42-23-12-10-22(11-13-23)36-31(39)24-17-35-38-26(29(33)34)16-25(37-30(24)38)20-6-8-21(32)9-7-20/h5-17,29H,3-4,18H2,1-2H3,(H,36,39). The Labute approximate surface area is 239 Å². The number of hydrogen-bond acceptors (Lipinski definition) is 6. The minimum atomic E-state index is -2.88. The number of fused-ring (bicyclic) bond motifs is 1. The Morgan fingerprint density at radius 1 is 0.905 bits per heavy atom. The summed E-state index contributed by atoms with van der Waals surface area (Å²) in [5, 5.41) is 6.71. The quantitative estimate of drug-likeness (QED) is 0.181. The second-order valence-electron chi connectivity index (χ2n) is 9.08. The molecule has 0 aliphatic carbocycles. The summed E-state index contributed by atoms with van der Waals surface area (Å²) in [4.78, 5) is 17.5. The number of carbonyl (C=O) groups is 1. The van der Waals surface area contributed by atoms with Gasteiger partial charge in [0.05, 0.1) is 25.1 Å². The van der Waals surface area contributed by atoms with Crippen LogP contribution in [0, 0.1) is 5.82 Å². The molecule has 5 rings (SSSR count). The number of halogens is 3. The SMILES string of the molecule is CCOc1ccc(COc2ccc(NC(=O)c3cnn4c(C(F)F)cc(-c5ccc(F)cc5)nc34)cc2)cc1OCC. The molecule has 0 aliphatic heterocycles. The molecule has 0 saturated heterocycles. The highest BCUT2D eigenvalue weighted by atomic mass is 19.3. The number of hydrogen-bond donors (Lipinski definition) is 1. The highest BCUT2D eigenvalue weighted by Crippen LogP contribution is 2.30. The summed E-state index contributed by atoms with van der Waals surface area (Å²) < 4.78 is 59.2. The van der Waals surface area contributed by atoms with E-state index in [1.165, 1.54) is 36.5 Å². The van der Waals surface area contributed by atoms with Gasteiger partial charge in [0.25, 0.3) is 12.3 Å². The Morgan fingerprint density at radius 3 is 2.31 bits per heavy atom. The van der Waals surface area contributed by atoms with Gasteiger partial charge in [-0.15, -0.1) is 0 Å².